The van der Waals surface area contributed by atoms with E-state index in [0.29, 0.717) is 94.0 Å². The number of nitrogens with zero attached hydrogens (tertiary/aromatic N) is 4. The largest absolute Gasteiger partial charge is 0.353 e. The van der Waals surface area contributed by atoms with Gasteiger partial charge in [-0.1, -0.05) is 31.2 Å². The maximum absolute atomic E-state index is 15.1. The van der Waals surface area contributed by atoms with Crippen molar-refractivity contribution in [1.29, 1.82) is 0 Å². The molecule has 6 aromatic rings. The van der Waals surface area contributed by atoms with Crippen LogP contribution in [-0.4, -0.2) is 69.0 Å². The van der Waals surface area contributed by atoms with Gasteiger partial charge in [-0.25, -0.2) is 14.5 Å². The summed E-state index contributed by atoms with van der Waals surface area (Å²) < 4.78 is 15.1. The van der Waals surface area contributed by atoms with E-state index in [4.69, 9.17) is 4.98 Å². The molecule has 0 spiro atoms. The maximum Gasteiger partial charge on any atom is 0.272 e. The van der Waals surface area contributed by atoms with Crippen LogP contribution in [0.4, 0.5) is 15.9 Å². The summed E-state index contributed by atoms with van der Waals surface area (Å²) in [4.78, 5) is 75.7. The van der Waals surface area contributed by atoms with Crippen LogP contribution in [0.3, 0.4) is 0 Å². The second-order valence-electron chi connectivity index (χ2n) is 14.4. The number of aromatic amines is 2. The summed E-state index contributed by atoms with van der Waals surface area (Å²) in [5.41, 5.74) is 5.49. The topological polar surface area (TPSA) is 173 Å². The summed E-state index contributed by atoms with van der Waals surface area (Å²) in [6.45, 7) is 8.80. The number of rotatable bonds is 10. The lowest BCUT2D eigenvalue weighted by atomic mass is 9.97. The van der Waals surface area contributed by atoms with Crippen LogP contribution in [0.2, 0.25) is 0 Å². The third kappa shape index (κ3) is 8.26. The predicted octanol–water partition coefficient (Wildman–Crippen LogP) is 5.57. The Bertz CT molecular complexity index is 2680. The van der Waals surface area contributed by atoms with E-state index in [1.54, 1.807) is 62.2 Å². The molecule has 58 heavy (non-hydrogen) atoms. The molecule has 0 unspecified atom stereocenters. The van der Waals surface area contributed by atoms with E-state index in [1.165, 1.54) is 6.07 Å². The summed E-state index contributed by atoms with van der Waals surface area (Å²) in [5, 5.41) is 13.7. The highest BCUT2D eigenvalue weighted by Gasteiger charge is 2.26. The van der Waals surface area contributed by atoms with Gasteiger partial charge in [0.1, 0.15) is 11.6 Å². The van der Waals surface area contributed by atoms with Crippen molar-refractivity contribution in [2.45, 2.75) is 47.1 Å². The lowest BCUT2D eigenvalue weighted by molar-refractivity contribution is -0.115. The highest BCUT2D eigenvalue weighted by Crippen LogP contribution is 2.30. The quantitative estimate of drug-likeness (QED) is 0.140. The van der Waals surface area contributed by atoms with Crippen LogP contribution in [-0.2, 0) is 17.8 Å². The number of carbonyl (C=O) groups is 3. The molecule has 0 aliphatic carbocycles. The van der Waals surface area contributed by atoms with Crippen LogP contribution in [0.5, 0.6) is 0 Å². The number of anilines is 2. The van der Waals surface area contributed by atoms with Gasteiger partial charge in [-0.2, -0.15) is 5.10 Å². The maximum atomic E-state index is 15.1. The van der Waals surface area contributed by atoms with Crippen molar-refractivity contribution in [1.82, 2.24) is 30.4 Å². The van der Waals surface area contributed by atoms with Crippen molar-refractivity contribution >= 4 is 40.0 Å². The second kappa shape index (κ2) is 16.6. The fraction of sp³-hybridized carbons (Fsp3) is 0.250. The first kappa shape index (κ1) is 39.3. The molecule has 4 N–H and O–H groups in total. The number of benzene rings is 3. The minimum atomic E-state index is -0.613. The second-order valence-corrected chi connectivity index (χ2v) is 14.4. The molecule has 3 aromatic carbocycles. The number of amides is 3. The van der Waals surface area contributed by atoms with Crippen molar-refractivity contribution in [3.8, 4) is 11.1 Å². The number of aromatic nitrogens is 4. The molecule has 3 amide bonds. The molecule has 0 atom stereocenters. The van der Waals surface area contributed by atoms with Crippen LogP contribution in [0.25, 0.3) is 21.9 Å². The molecule has 7 rings (SSSR count). The highest BCUT2D eigenvalue weighted by atomic mass is 19.1. The molecule has 4 heterocycles. The lowest BCUT2D eigenvalue weighted by Gasteiger charge is -2.35. The average Bonchev–Trinajstić information content (AvgIpc) is 3.22. The molecule has 1 fully saturated rings. The summed E-state index contributed by atoms with van der Waals surface area (Å²) >= 11 is 0. The first-order chi connectivity index (χ1) is 27.9. The smallest absolute Gasteiger partial charge is 0.272 e. The van der Waals surface area contributed by atoms with Crippen molar-refractivity contribution < 1.29 is 18.8 Å². The van der Waals surface area contributed by atoms with E-state index in [1.807, 2.05) is 48.2 Å². The molecule has 3 aromatic heterocycles. The molecule has 296 valence electrons. The number of piperazine rings is 1. The van der Waals surface area contributed by atoms with Crippen molar-refractivity contribution in [3.63, 3.8) is 0 Å². The van der Waals surface area contributed by atoms with Crippen LogP contribution in [0.15, 0.2) is 88.6 Å². The summed E-state index contributed by atoms with van der Waals surface area (Å²) in [6, 6.07) is 20.7. The molecular weight excluding hydrogens is 740 g/mol. The third-order valence-corrected chi connectivity index (χ3v) is 10.5. The van der Waals surface area contributed by atoms with E-state index in [-0.39, 0.29) is 35.6 Å². The number of H-pyrrole nitrogens is 2. The lowest BCUT2D eigenvalue weighted by Crippen LogP contribution is -2.49. The average molecular weight is 783 g/mol. The Morgan fingerprint density at radius 3 is 2.31 bits per heavy atom. The van der Waals surface area contributed by atoms with E-state index in [9.17, 15) is 24.0 Å². The van der Waals surface area contributed by atoms with E-state index < -0.39 is 17.6 Å². The van der Waals surface area contributed by atoms with Gasteiger partial charge in [0.05, 0.1) is 16.6 Å². The normalized spacial score (nSPS) is 12.8. The Hall–Kier alpha value is -6.96. The highest BCUT2D eigenvalue weighted by molar-refractivity contribution is 6.01. The minimum Gasteiger partial charge on any atom is -0.353 e. The summed E-state index contributed by atoms with van der Waals surface area (Å²) in [6.07, 6.45) is 2.25. The zero-order valence-electron chi connectivity index (χ0n) is 32.7. The van der Waals surface area contributed by atoms with Gasteiger partial charge in [0.2, 0.25) is 5.91 Å². The van der Waals surface area contributed by atoms with Gasteiger partial charge in [-0.15, -0.1) is 0 Å². The van der Waals surface area contributed by atoms with Crippen LogP contribution in [0, 0.1) is 26.6 Å². The number of pyridine rings is 2. The van der Waals surface area contributed by atoms with E-state index in [0.717, 1.165) is 11.3 Å². The van der Waals surface area contributed by atoms with Crippen LogP contribution >= 0.6 is 0 Å². The minimum absolute atomic E-state index is 0.0262. The molecule has 13 nitrogen and oxygen atoms in total. The van der Waals surface area contributed by atoms with Crippen molar-refractivity contribution in [2.24, 2.45) is 0 Å². The summed E-state index contributed by atoms with van der Waals surface area (Å²) in [5.74, 6) is -0.931. The number of nitrogens with one attached hydrogen (secondary N) is 4. The van der Waals surface area contributed by atoms with Gasteiger partial charge >= 0.3 is 0 Å². The molecule has 0 radical (unpaired) electrons. The zero-order chi connectivity index (χ0) is 41.1. The van der Waals surface area contributed by atoms with Gasteiger partial charge in [0.25, 0.3) is 22.9 Å². The molecule has 0 bridgehead atoms. The first-order valence-electron chi connectivity index (χ1n) is 19.1. The Morgan fingerprint density at radius 2 is 1.60 bits per heavy atom. The van der Waals surface area contributed by atoms with Crippen molar-refractivity contribution in [3.05, 3.63) is 150 Å². The molecule has 1 aliphatic heterocycles. The van der Waals surface area contributed by atoms with E-state index in [2.05, 4.69) is 25.8 Å². The number of fused-ring (bicyclic) bond motifs is 1. The number of aryl methyl sites for hydroxylation is 2. The number of halogens is 1. The van der Waals surface area contributed by atoms with Crippen LogP contribution < -0.4 is 26.7 Å². The Labute approximate surface area is 333 Å². The fourth-order valence-corrected chi connectivity index (χ4v) is 7.25. The van der Waals surface area contributed by atoms with Gasteiger partial charge in [0.15, 0.2) is 0 Å². The number of hydrogen-bond donors (Lipinski definition) is 4. The van der Waals surface area contributed by atoms with Gasteiger partial charge in [0, 0.05) is 85.2 Å². The standard InChI is InChI=1S/C44H43FN8O5/c1-5-40(54)49-37-22-30(21-33(27(37)4)41(55)47-24-35-25(2)18-26(3)48-42(35)56)29-11-13-39(46-23-29)52-14-16-53(17-15-52)44(58)34-19-28(10-12-36(34)45)20-38-31-8-6-7-9-32(31)43(57)51-50-38/h6-13,18-19,21-23H,5,14-17,20,24H2,1-4H3,(H,47,55)(H,48,56)(H,49,54)(H,51,57). The molecule has 1 aliphatic rings. The monoisotopic (exact) mass is 782 g/mol. The zero-order valence-corrected chi connectivity index (χ0v) is 32.7. The Balaban J connectivity index is 1.04. The molecule has 1 saturated heterocycles. The number of hydrogen-bond acceptors (Lipinski definition) is 8. The van der Waals surface area contributed by atoms with Gasteiger partial charge in [-0.05, 0) is 91.6 Å². The predicted molar refractivity (Wildman–Crippen MR) is 221 cm³/mol. The number of carbonyl (C=O) groups excluding carboxylic acids is 3. The Morgan fingerprint density at radius 1 is 0.845 bits per heavy atom. The van der Waals surface area contributed by atoms with Crippen LogP contribution in [0.1, 0.15) is 67.7 Å². The first-order valence-corrected chi connectivity index (χ1v) is 19.1. The molecular formula is C44H43FN8O5. The molecule has 0 saturated carbocycles. The van der Waals surface area contributed by atoms with Gasteiger partial charge in [-0.3, -0.25) is 24.0 Å². The summed E-state index contributed by atoms with van der Waals surface area (Å²) in [7, 11) is 0. The SMILES string of the molecule is CCC(=O)Nc1cc(-c2ccc(N3CCN(C(=O)c4cc(Cc5n[nH]c(=O)c6ccccc56)ccc4F)CC3)nc2)cc(C(=O)NCc2c(C)cc(C)[nH]c2=O)c1C. The third-order valence-electron chi connectivity index (χ3n) is 10.5. The fourth-order valence-electron chi connectivity index (χ4n) is 7.25. The van der Waals surface area contributed by atoms with Crippen molar-refractivity contribution in [2.75, 3.05) is 36.4 Å². The van der Waals surface area contributed by atoms with Gasteiger partial charge < -0.3 is 25.4 Å². The van der Waals surface area contributed by atoms with E-state index >= 15 is 4.39 Å². The molecule has 14 heteroatoms. The Kier molecular flexibility index (Phi) is 11.3.